The van der Waals surface area contributed by atoms with E-state index in [1.54, 1.807) is 4.57 Å². The Balaban J connectivity index is 1.86. The number of hydrogen-bond donors (Lipinski definition) is 2. The number of likely N-dealkylation sites (N-methyl/N-ethyl adjacent to an activating group) is 1. The largest absolute Gasteiger partial charge is 0.465 e. The molecule has 2 amide bonds. The summed E-state index contributed by atoms with van der Waals surface area (Å²) in [4.78, 5) is 55.8. The highest BCUT2D eigenvalue weighted by molar-refractivity contribution is 6.76. The summed E-state index contributed by atoms with van der Waals surface area (Å²) in [6.45, 7) is 11.2. The molecular formula is C39H60ClN5O7Si. The number of amides is 2. The number of pyridine rings is 1. The first-order chi connectivity index (χ1) is 25.3. The lowest BCUT2D eigenvalue weighted by atomic mass is 10.0. The summed E-state index contributed by atoms with van der Waals surface area (Å²) in [7, 11) is 0.0166. The second kappa shape index (κ2) is 22.6. The number of unbranched alkanes of at least 4 members (excludes halogenated alkanes) is 4. The molecule has 294 valence electrons. The first-order valence-electron chi connectivity index (χ1n) is 19.0. The first kappa shape index (κ1) is 43.9. The van der Waals surface area contributed by atoms with Gasteiger partial charge in [-0.15, -0.1) is 11.6 Å². The van der Waals surface area contributed by atoms with Crippen LogP contribution in [0.5, 0.6) is 0 Å². The molecule has 1 unspecified atom stereocenters. The van der Waals surface area contributed by atoms with Crippen LogP contribution in [0, 0.1) is 0 Å². The highest BCUT2D eigenvalue weighted by atomic mass is 35.5. The molecule has 3 aromatic rings. The molecule has 0 aliphatic heterocycles. The summed E-state index contributed by atoms with van der Waals surface area (Å²) in [5.74, 6) is 1.04. The lowest BCUT2D eigenvalue weighted by molar-refractivity contribution is -0.122. The van der Waals surface area contributed by atoms with E-state index in [1.165, 1.54) is 7.05 Å². The van der Waals surface area contributed by atoms with Crippen LogP contribution in [-0.4, -0.2) is 89.3 Å². The van der Waals surface area contributed by atoms with Gasteiger partial charge in [0.05, 0.1) is 11.7 Å². The van der Waals surface area contributed by atoms with Gasteiger partial charge in [0.2, 0.25) is 5.91 Å². The molecule has 1 aromatic carbocycles. The van der Waals surface area contributed by atoms with Gasteiger partial charge in [-0.05, 0) is 68.2 Å². The lowest BCUT2D eigenvalue weighted by Gasteiger charge is -2.22. The number of nitrogens with zero attached hydrogens (tertiary/aromatic N) is 4. The number of carbonyl (C=O) groups excluding carboxylic acids is 2. The number of alkyl halides is 1. The molecule has 0 saturated carbocycles. The quantitative estimate of drug-likeness (QED) is 0.0480. The second-order valence-electron chi connectivity index (χ2n) is 14.9. The molecule has 0 spiro atoms. The van der Waals surface area contributed by atoms with Gasteiger partial charge in [-0.25, -0.2) is 9.78 Å². The average molecular weight is 774 g/mol. The number of benzene rings is 1. The van der Waals surface area contributed by atoms with Crippen molar-refractivity contribution < 1.29 is 29.0 Å². The number of nitrogens with one attached hydrogen (secondary N) is 1. The Kier molecular flexibility index (Phi) is 18.7. The van der Waals surface area contributed by atoms with Crippen molar-refractivity contribution in [2.24, 2.45) is 0 Å². The molecule has 0 radical (unpaired) electrons. The summed E-state index contributed by atoms with van der Waals surface area (Å²) >= 11 is 5.72. The monoisotopic (exact) mass is 773 g/mol. The zero-order chi connectivity index (χ0) is 38.8. The Morgan fingerprint density at radius 3 is 2.43 bits per heavy atom. The molecule has 2 N–H and O–H groups in total. The van der Waals surface area contributed by atoms with E-state index < -0.39 is 26.1 Å². The van der Waals surface area contributed by atoms with E-state index in [0.717, 1.165) is 66.8 Å². The van der Waals surface area contributed by atoms with Gasteiger partial charge in [0, 0.05) is 83.6 Å². The van der Waals surface area contributed by atoms with Crippen molar-refractivity contribution in [1.29, 1.82) is 0 Å². The Labute approximate surface area is 320 Å². The van der Waals surface area contributed by atoms with Crippen molar-refractivity contribution in [3.05, 3.63) is 52.8 Å². The molecule has 0 bridgehead atoms. The molecule has 14 heteroatoms. The van der Waals surface area contributed by atoms with Crippen molar-refractivity contribution in [3.63, 3.8) is 0 Å². The first-order valence-corrected chi connectivity index (χ1v) is 23.2. The van der Waals surface area contributed by atoms with Crippen LogP contribution < -0.4 is 10.9 Å². The molecule has 12 nitrogen and oxygen atoms in total. The minimum Gasteiger partial charge on any atom is -0.465 e. The summed E-state index contributed by atoms with van der Waals surface area (Å²) in [5, 5.41) is 13.8. The third kappa shape index (κ3) is 15.4. The van der Waals surface area contributed by atoms with Gasteiger partial charge in [-0.2, -0.15) is 0 Å². The third-order valence-corrected chi connectivity index (χ3v) is 11.1. The second-order valence-corrected chi connectivity index (χ2v) is 20.9. The Bertz CT molecular complexity index is 1670. The number of rotatable bonds is 26. The lowest BCUT2D eigenvalue weighted by Crippen LogP contribution is -2.40. The van der Waals surface area contributed by atoms with Gasteiger partial charge < -0.3 is 33.9 Å². The van der Waals surface area contributed by atoms with Crippen molar-refractivity contribution >= 4 is 48.2 Å². The van der Waals surface area contributed by atoms with Crippen LogP contribution in [-0.2, 0) is 32.3 Å². The highest BCUT2D eigenvalue weighted by Gasteiger charge is 2.24. The van der Waals surface area contributed by atoms with Crippen LogP contribution >= 0.6 is 11.6 Å². The number of halogens is 1. The van der Waals surface area contributed by atoms with E-state index in [0.29, 0.717) is 68.4 Å². The zero-order valence-corrected chi connectivity index (χ0v) is 34.1. The number of carboxylic acid groups (broad SMARTS) is 1. The molecule has 0 fully saturated rings. The van der Waals surface area contributed by atoms with E-state index >= 15 is 0 Å². The average Bonchev–Trinajstić information content (AvgIpc) is 3.54. The Morgan fingerprint density at radius 1 is 0.981 bits per heavy atom. The molecule has 0 saturated heterocycles. The van der Waals surface area contributed by atoms with Crippen molar-refractivity contribution in [2.45, 2.75) is 116 Å². The van der Waals surface area contributed by atoms with Crippen LogP contribution in [0.15, 0.2) is 41.5 Å². The summed E-state index contributed by atoms with van der Waals surface area (Å²) in [5.41, 5.74) is 1.44. The number of carbonyl (C=O) groups is 3. The van der Waals surface area contributed by atoms with Crippen molar-refractivity contribution in [3.8, 4) is 11.3 Å². The Morgan fingerprint density at radius 2 is 1.74 bits per heavy atom. The maximum Gasteiger partial charge on any atom is 0.407 e. The minimum atomic E-state index is -1.33. The third-order valence-electron chi connectivity index (χ3n) is 9.11. The SMILES string of the molecule is CCC(=O)CCCCCC(NC(=O)CN(C)C(=O)O)c1nc(-c2ccc3c(=O)n(CCCCOCCCCCl)ccc3c2)cn1COCC[Si](C)(C)C. The van der Waals surface area contributed by atoms with Gasteiger partial charge in [0.15, 0.2) is 0 Å². The van der Waals surface area contributed by atoms with Gasteiger partial charge in [0.25, 0.3) is 5.56 Å². The summed E-state index contributed by atoms with van der Waals surface area (Å²) in [6.07, 6.45) is 10.0. The Hall–Kier alpha value is -3.52. The van der Waals surface area contributed by atoms with Crippen LogP contribution in [0.2, 0.25) is 25.7 Å². The van der Waals surface area contributed by atoms with Crippen LogP contribution in [0.1, 0.15) is 83.0 Å². The van der Waals surface area contributed by atoms with Crippen molar-refractivity contribution in [2.75, 3.05) is 39.3 Å². The van der Waals surface area contributed by atoms with Gasteiger partial charge in [-0.3, -0.25) is 14.4 Å². The van der Waals surface area contributed by atoms with Gasteiger partial charge in [0.1, 0.15) is 24.9 Å². The molecular weight excluding hydrogens is 714 g/mol. The fraction of sp³-hybridized carbons (Fsp3) is 0.615. The summed E-state index contributed by atoms with van der Waals surface area (Å²) < 4.78 is 15.5. The zero-order valence-electron chi connectivity index (χ0n) is 32.3. The molecule has 53 heavy (non-hydrogen) atoms. The number of aromatic nitrogens is 3. The standard InChI is InChI=1S/C39H60ClN5O7Si/c1-6-32(46)14-8-7-9-15-34(41-36(47)28-43(2)39(49)50)37-42-35(27-45(37)29-52-24-25-53(3,4)5)31-16-17-33-30(26-31)18-21-44(38(33)48)20-11-13-23-51-22-12-10-19-40/h16-18,21,26-27,34H,6-15,19-20,22-25,28-29H2,1-5H3,(H,41,47)(H,49,50). The normalized spacial score (nSPS) is 12.3. The highest BCUT2D eigenvalue weighted by Crippen LogP contribution is 2.27. The molecule has 3 rings (SSSR count). The summed E-state index contributed by atoms with van der Waals surface area (Å²) in [6, 6.07) is 8.11. The van der Waals surface area contributed by atoms with E-state index in [2.05, 4.69) is 25.0 Å². The predicted octanol–water partition coefficient (Wildman–Crippen LogP) is 7.69. The minimum absolute atomic E-state index is 0.0474. The van der Waals surface area contributed by atoms with Crippen LogP contribution in [0.4, 0.5) is 4.79 Å². The van der Waals surface area contributed by atoms with Gasteiger partial charge in [-0.1, -0.05) is 45.5 Å². The van der Waals surface area contributed by atoms with Gasteiger partial charge >= 0.3 is 6.09 Å². The molecule has 2 heterocycles. The number of ether oxygens (including phenoxy) is 2. The number of imidazole rings is 1. The topological polar surface area (TPSA) is 145 Å². The van der Waals surface area contributed by atoms with Crippen LogP contribution in [0.3, 0.4) is 0 Å². The van der Waals surface area contributed by atoms with E-state index in [9.17, 15) is 24.3 Å². The van der Waals surface area contributed by atoms with E-state index in [4.69, 9.17) is 26.1 Å². The fourth-order valence-corrected chi connectivity index (χ4v) is 6.76. The number of hydrogen-bond acceptors (Lipinski definition) is 7. The maximum absolute atomic E-state index is 13.4. The van der Waals surface area contributed by atoms with Crippen molar-refractivity contribution in [1.82, 2.24) is 24.3 Å². The number of Topliss-reactive ketones (excluding diaryl/α,β-unsaturated/α-hetero) is 1. The molecule has 2 aromatic heterocycles. The predicted molar refractivity (Wildman–Crippen MR) is 213 cm³/mol. The molecule has 0 aliphatic rings. The smallest absolute Gasteiger partial charge is 0.407 e. The fourth-order valence-electron chi connectivity index (χ4n) is 5.82. The van der Waals surface area contributed by atoms with E-state index in [1.807, 2.05) is 48.1 Å². The van der Waals surface area contributed by atoms with Crippen LogP contribution in [0.25, 0.3) is 22.0 Å². The number of fused-ring (bicyclic) bond motifs is 1. The molecule has 0 aliphatic carbocycles. The molecule has 1 atom stereocenters. The number of aryl methyl sites for hydroxylation is 1. The van der Waals surface area contributed by atoms with E-state index in [-0.39, 0.29) is 24.6 Å². The maximum atomic E-state index is 13.4. The number of ketones is 1.